The predicted molar refractivity (Wildman–Crippen MR) is 88.7 cm³/mol. The van der Waals surface area contributed by atoms with Gasteiger partial charge in [-0.05, 0) is 31.2 Å². The Balaban J connectivity index is 1.68. The van der Waals surface area contributed by atoms with Gasteiger partial charge in [-0.25, -0.2) is 9.50 Å². The van der Waals surface area contributed by atoms with Gasteiger partial charge in [0.25, 0.3) is 0 Å². The van der Waals surface area contributed by atoms with Gasteiger partial charge in [-0.15, -0.1) is 0 Å². The van der Waals surface area contributed by atoms with Gasteiger partial charge >= 0.3 is 6.18 Å². The van der Waals surface area contributed by atoms with Gasteiger partial charge in [-0.2, -0.15) is 18.3 Å². The highest BCUT2D eigenvalue weighted by molar-refractivity contribution is 5.81. The molecular formula is C18H21F3N4O. The van der Waals surface area contributed by atoms with E-state index < -0.39 is 11.9 Å². The van der Waals surface area contributed by atoms with Crippen molar-refractivity contribution in [2.45, 2.75) is 51.1 Å². The Kier molecular flexibility index (Phi) is 3.96. The number of amides is 1. The fourth-order valence-corrected chi connectivity index (χ4v) is 3.50. The van der Waals surface area contributed by atoms with Crippen molar-refractivity contribution in [1.82, 2.24) is 19.5 Å². The Hall–Kier alpha value is -2.12. The molecule has 0 radical (unpaired) electrons. The van der Waals surface area contributed by atoms with Crippen LogP contribution in [0, 0.1) is 5.92 Å². The molecule has 3 heterocycles. The van der Waals surface area contributed by atoms with Crippen LogP contribution in [0.4, 0.5) is 13.2 Å². The number of carbonyl (C=O) groups is 1. The van der Waals surface area contributed by atoms with Crippen molar-refractivity contribution in [2.75, 3.05) is 13.1 Å². The van der Waals surface area contributed by atoms with Crippen LogP contribution in [0.2, 0.25) is 0 Å². The van der Waals surface area contributed by atoms with E-state index in [0.717, 1.165) is 29.8 Å². The van der Waals surface area contributed by atoms with E-state index in [1.807, 2.05) is 18.7 Å². The summed E-state index contributed by atoms with van der Waals surface area (Å²) in [5, 5.41) is 4.21. The summed E-state index contributed by atoms with van der Waals surface area (Å²) in [4.78, 5) is 18.4. The zero-order valence-corrected chi connectivity index (χ0v) is 14.8. The number of alkyl halides is 3. The van der Waals surface area contributed by atoms with Crippen LogP contribution < -0.4 is 0 Å². The second-order valence-corrected chi connectivity index (χ2v) is 7.60. The second kappa shape index (κ2) is 5.96. The molecule has 0 spiro atoms. The molecule has 2 aromatic heterocycles. The van der Waals surface area contributed by atoms with Crippen LogP contribution in [0.3, 0.4) is 0 Å². The Bertz CT molecular complexity index is 854. The van der Waals surface area contributed by atoms with Gasteiger partial charge in [-0.3, -0.25) is 4.79 Å². The minimum absolute atomic E-state index is 0.0389. The second-order valence-electron chi connectivity index (χ2n) is 7.60. The van der Waals surface area contributed by atoms with Crippen LogP contribution in [0.15, 0.2) is 12.1 Å². The first-order chi connectivity index (χ1) is 12.2. The summed E-state index contributed by atoms with van der Waals surface area (Å²) >= 11 is 0. The Morgan fingerprint density at radius 3 is 2.58 bits per heavy atom. The lowest BCUT2D eigenvalue weighted by molar-refractivity contribution is -0.142. The predicted octanol–water partition coefficient (Wildman–Crippen LogP) is 3.60. The molecule has 2 aliphatic rings. The highest BCUT2D eigenvalue weighted by Crippen LogP contribution is 2.36. The molecule has 140 valence electrons. The van der Waals surface area contributed by atoms with Gasteiger partial charge in [0, 0.05) is 36.7 Å². The molecule has 4 rings (SSSR count). The summed E-state index contributed by atoms with van der Waals surface area (Å²) in [5.41, 5.74) is 0.384. The minimum Gasteiger partial charge on any atom is -0.342 e. The van der Waals surface area contributed by atoms with Crippen molar-refractivity contribution in [3.8, 4) is 0 Å². The van der Waals surface area contributed by atoms with E-state index in [4.69, 9.17) is 0 Å². The molecule has 1 aliphatic heterocycles. The molecule has 8 heteroatoms. The topological polar surface area (TPSA) is 50.5 Å². The number of hydrogen-bond donors (Lipinski definition) is 0. The molecule has 1 atom stereocenters. The molecular weight excluding hydrogens is 345 g/mol. The quantitative estimate of drug-likeness (QED) is 0.834. The first-order valence-corrected chi connectivity index (χ1v) is 9.00. The number of carbonyl (C=O) groups excluding carboxylic acids is 1. The largest absolute Gasteiger partial charge is 0.433 e. The third-order valence-electron chi connectivity index (χ3n) is 5.19. The van der Waals surface area contributed by atoms with E-state index in [1.165, 1.54) is 0 Å². The van der Waals surface area contributed by atoms with Crippen LogP contribution in [0.5, 0.6) is 0 Å². The number of halogens is 3. The average Bonchev–Trinajstić information content (AvgIpc) is 3.14. The first-order valence-electron chi connectivity index (χ1n) is 9.00. The van der Waals surface area contributed by atoms with E-state index >= 15 is 0 Å². The Labute approximate surface area is 149 Å². The van der Waals surface area contributed by atoms with Crippen LogP contribution in [0.25, 0.3) is 5.65 Å². The van der Waals surface area contributed by atoms with Gasteiger partial charge < -0.3 is 4.90 Å². The molecule has 1 unspecified atom stereocenters. The highest BCUT2D eigenvalue weighted by atomic mass is 19.4. The smallest absolute Gasteiger partial charge is 0.342 e. The zero-order valence-electron chi connectivity index (χ0n) is 14.8. The van der Waals surface area contributed by atoms with Crippen LogP contribution in [0.1, 0.15) is 62.0 Å². The van der Waals surface area contributed by atoms with Gasteiger partial charge in [0.1, 0.15) is 5.69 Å². The van der Waals surface area contributed by atoms with E-state index in [-0.39, 0.29) is 29.3 Å². The maximum atomic E-state index is 13.5. The summed E-state index contributed by atoms with van der Waals surface area (Å²) in [6.45, 7) is 4.80. The van der Waals surface area contributed by atoms with E-state index in [0.29, 0.717) is 24.5 Å². The first kappa shape index (κ1) is 17.3. The fourth-order valence-electron chi connectivity index (χ4n) is 3.50. The van der Waals surface area contributed by atoms with Gasteiger partial charge in [0.05, 0.1) is 5.69 Å². The molecule has 0 aromatic carbocycles. The summed E-state index contributed by atoms with van der Waals surface area (Å²) in [6, 6.07) is 2.71. The van der Waals surface area contributed by atoms with Crippen molar-refractivity contribution < 1.29 is 18.0 Å². The van der Waals surface area contributed by atoms with E-state index in [9.17, 15) is 18.0 Å². The SMILES string of the molecule is CC(C)c1cc(C(F)(F)F)n2nc(C3CCN(C(=O)C4CC4)C3)cc2n1. The number of fused-ring (bicyclic) bond motifs is 1. The van der Waals surface area contributed by atoms with Gasteiger partial charge in [0.15, 0.2) is 5.65 Å². The lowest BCUT2D eigenvalue weighted by Gasteiger charge is -2.15. The third kappa shape index (κ3) is 3.05. The average molecular weight is 366 g/mol. The van der Waals surface area contributed by atoms with Crippen molar-refractivity contribution in [2.24, 2.45) is 5.92 Å². The van der Waals surface area contributed by atoms with Gasteiger partial charge in [0.2, 0.25) is 5.91 Å². The number of likely N-dealkylation sites (tertiary alicyclic amines) is 1. The minimum atomic E-state index is -4.50. The maximum absolute atomic E-state index is 13.5. The summed E-state index contributed by atoms with van der Waals surface area (Å²) in [7, 11) is 0. The van der Waals surface area contributed by atoms with Crippen molar-refractivity contribution in [1.29, 1.82) is 0 Å². The Morgan fingerprint density at radius 2 is 1.96 bits per heavy atom. The number of hydrogen-bond acceptors (Lipinski definition) is 3. The van der Waals surface area contributed by atoms with Crippen molar-refractivity contribution in [3.05, 3.63) is 29.2 Å². The van der Waals surface area contributed by atoms with Crippen LogP contribution >= 0.6 is 0 Å². The van der Waals surface area contributed by atoms with Crippen molar-refractivity contribution in [3.63, 3.8) is 0 Å². The molecule has 1 saturated heterocycles. The molecule has 1 aliphatic carbocycles. The fraction of sp³-hybridized carbons (Fsp3) is 0.611. The highest BCUT2D eigenvalue weighted by Gasteiger charge is 2.39. The molecule has 1 amide bonds. The van der Waals surface area contributed by atoms with Crippen LogP contribution in [-0.4, -0.2) is 38.5 Å². The molecule has 2 fully saturated rings. The molecule has 1 saturated carbocycles. The van der Waals surface area contributed by atoms with E-state index in [1.54, 1.807) is 6.07 Å². The van der Waals surface area contributed by atoms with Crippen LogP contribution in [-0.2, 0) is 11.0 Å². The number of nitrogens with zero attached hydrogens (tertiary/aromatic N) is 4. The normalized spacial score (nSPS) is 21.2. The molecule has 0 bridgehead atoms. The Morgan fingerprint density at radius 1 is 1.23 bits per heavy atom. The summed E-state index contributed by atoms with van der Waals surface area (Å²) < 4.78 is 41.3. The molecule has 26 heavy (non-hydrogen) atoms. The summed E-state index contributed by atoms with van der Waals surface area (Å²) in [6.07, 6.45) is -1.88. The molecule has 5 nitrogen and oxygen atoms in total. The zero-order chi connectivity index (χ0) is 18.6. The van der Waals surface area contributed by atoms with Crippen molar-refractivity contribution >= 4 is 11.6 Å². The number of aromatic nitrogens is 3. The lowest BCUT2D eigenvalue weighted by atomic mass is 10.1. The molecule has 2 aromatic rings. The monoisotopic (exact) mass is 366 g/mol. The molecule has 0 N–H and O–H groups in total. The summed E-state index contributed by atoms with van der Waals surface area (Å²) in [5.74, 6) is 0.176. The van der Waals surface area contributed by atoms with Gasteiger partial charge in [-0.1, -0.05) is 13.8 Å². The number of rotatable bonds is 3. The standard InChI is InChI=1S/C18H21F3N4O/c1-10(2)13-7-15(18(19,20)21)25-16(22-13)8-14(23-25)12-5-6-24(9-12)17(26)11-3-4-11/h7-8,10-12H,3-6,9H2,1-2H3. The third-order valence-corrected chi connectivity index (χ3v) is 5.19. The van der Waals surface area contributed by atoms with E-state index in [2.05, 4.69) is 10.1 Å². The maximum Gasteiger partial charge on any atom is 0.433 e. The lowest BCUT2D eigenvalue weighted by Crippen LogP contribution is -2.29.